The quantitative estimate of drug-likeness (QED) is 0.376. The van der Waals surface area contributed by atoms with Crippen molar-refractivity contribution in [2.75, 3.05) is 14.2 Å². The molecule has 0 N–H and O–H groups in total. The molecule has 0 aliphatic rings. The lowest BCUT2D eigenvalue weighted by atomic mass is 10.0. The highest BCUT2D eigenvalue weighted by Crippen LogP contribution is 2.24. The summed E-state index contributed by atoms with van der Waals surface area (Å²) in [5.41, 5.74) is 2.89. The molecule has 0 aliphatic heterocycles. The Morgan fingerprint density at radius 3 is 2.21 bits per heavy atom. The number of aryl methyl sites for hydroxylation is 1. The Morgan fingerprint density at radius 2 is 1.62 bits per heavy atom. The van der Waals surface area contributed by atoms with Crippen molar-refractivity contribution in [1.29, 1.82) is 0 Å². The second kappa shape index (κ2) is 8.85. The van der Waals surface area contributed by atoms with Crippen molar-refractivity contribution in [1.82, 2.24) is 9.97 Å². The van der Waals surface area contributed by atoms with Crippen molar-refractivity contribution in [3.63, 3.8) is 0 Å². The van der Waals surface area contributed by atoms with Gasteiger partial charge < -0.3 is 9.47 Å². The molecule has 29 heavy (non-hydrogen) atoms. The number of nitro benzene ring substituents is 1. The molecule has 7 heteroatoms. The van der Waals surface area contributed by atoms with Crippen LogP contribution in [0.2, 0.25) is 0 Å². The van der Waals surface area contributed by atoms with Crippen LogP contribution in [0, 0.1) is 28.9 Å². The fourth-order valence-corrected chi connectivity index (χ4v) is 2.78. The lowest BCUT2D eigenvalue weighted by Crippen LogP contribution is -2.02. The summed E-state index contributed by atoms with van der Waals surface area (Å²) in [5, 5.41) is 11.3. The Labute approximate surface area is 168 Å². The Hall–Kier alpha value is -3.92. The number of aromatic nitrogens is 2. The molecule has 3 rings (SSSR count). The molecule has 1 aromatic heterocycles. The number of ether oxygens (including phenoxy) is 2. The SMILES string of the molecule is COc1cc(C#Cc2cnc(Cc3c(C)cccc3[N+](=O)[O-])nc2)cc(OC)c1. The van der Waals surface area contributed by atoms with Crippen LogP contribution in [0.5, 0.6) is 11.5 Å². The van der Waals surface area contributed by atoms with Gasteiger partial charge in [-0.1, -0.05) is 24.0 Å². The van der Waals surface area contributed by atoms with Gasteiger partial charge in [0.1, 0.15) is 17.3 Å². The zero-order valence-corrected chi connectivity index (χ0v) is 16.3. The van der Waals surface area contributed by atoms with E-state index in [1.807, 2.05) is 25.1 Å². The molecule has 0 aliphatic carbocycles. The minimum absolute atomic E-state index is 0.0736. The van der Waals surface area contributed by atoms with Gasteiger partial charge in [0.25, 0.3) is 5.69 Å². The number of nitro groups is 1. The summed E-state index contributed by atoms with van der Waals surface area (Å²) in [4.78, 5) is 19.5. The maximum atomic E-state index is 11.3. The molecule has 0 spiro atoms. The third-order valence-electron chi connectivity index (χ3n) is 4.33. The van der Waals surface area contributed by atoms with E-state index in [0.717, 1.165) is 11.1 Å². The number of benzene rings is 2. The third-order valence-corrected chi connectivity index (χ3v) is 4.33. The summed E-state index contributed by atoms with van der Waals surface area (Å²) < 4.78 is 10.5. The molecule has 1 heterocycles. The van der Waals surface area contributed by atoms with E-state index in [2.05, 4.69) is 21.8 Å². The molecule has 2 aromatic carbocycles. The van der Waals surface area contributed by atoms with Crippen LogP contribution >= 0.6 is 0 Å². The highest BCUT2D eigenvalue weighted by Gasteiger charge is 2.16. The summed E-state index contributed by atoms with van der Waals surface area (Å²) in [6, 6.07) is 10.4. The van der Waals surface area contributed by atoms with Gasteiger partial charge >= 0.3 is 0 Å². The van der Waals surface area contributed by atoms with Crippen molar-refractivity contribution >= 4 is 5.69 Å². The molecular formula is C22H19N3O4. The van der Waals surface area contributed by atoms with Crippen LogP contribution in [0.15, 0.2) is 48.8 Å². The van der Waals surface area contributed by atoms with Crippen molar-refractivity contribution in [2.45, 2.75) is 13.3 Å². The highest BCUT2D eigenvalue weighted by atomic mass is 16.6. The predicted octanol–water partition coefficient (Wildman–Crippen LogP) is 3.70. The molecule has 7 nitrogen and oxygen atoms in total. The zero-order chi connectivity index (χ0) is 20.8. The first kappa shape index (κ1) is 19.8. The maximum absolute atomic E-state index is 11.3. The lowest BCUT2D eigenvalue weighted by Gasteiger charge is -2.06. The number of rotatable bonds is 5. The summed E-state index contributed by atoms with van der Waals surface area (Å²) in [6.07, 6.45) is 3.50. The summed E-state index contributed by atoms with van der Waals surface area (Å²) in [6.45, 7) is 1.84. The summed E-state index contributed by atoms with van der Waals surface area (Å²) >= 11 is 0. The second-order valence-corrected chi connectivity index (χ2v) is 6.25. The van der Waals surface area contributed by atoms with E-state index in [0.29, 0.717) is 28.5 Å². The molecule has 146 valence electrons. The van der Waals surface area contributed by atoms with Crippen LogP contribution in [0.25, 0.3) is 0 Å². The van der Waals surface area contributed by atoms with Gasteiger partial charge in [0, 0.05) is 42.1 Å². The Kier molecular flexibility index (Phi) is 6.05. The zero-order valence-electron chi connectivity index (χ0n) is 16.3. The van der Waals surface area contributed by atoms with E-state index in [9.17, 15) is 10.1 Å². The fraction of sp³-hybridized carbons (Fsp3) is 0.182. The normalized spacial score (nSPS) is 10.0. The molecule has 0 unspecified atom stereocenters. The molecule has 3 aromatic rings. The molecule has 0 atom stereocenters. The average molecular weight is 389 g/mol. The van der Waals surface area contributed by atoms with Crippen molar-refractivity contribution in [3.8, 4) is 23.3 Å². The summed E-state index contributed by atoms with van der Waals surface area (Å²) in [7, 11) is 3.16. The number of methoxy groups -OCH3 is 2. The van der Waals surface area contributed by atoms with E-state index in [-0.39, 0.29) is 17.0 Å². The van der Waals surface area contributed by atoms with Gasteiger partial charge in [-0.05, 0) is 24.6 Å². The van der Waals surface area contributed by atoms with E-state index in [1.54, 1.807) is 38.7 Å². The lowest BCUT2D eigenvalue weighted by molar-refractivity contribution is -0.385. The van der Waals surface area contributed by atoms with Crippen molar-refractivity contribution < 1.29 is 14.4 Å². The first-order chi connectivity index (χ1) is 14.0. The molecule has 0 bridgehead atoms. The van der Waals surface area contributed by atoms with Crippen LogP contribution < -0.4 is 9.47 Å². The highest BCUT2D eigenvalue weighted by molar-refractivity contribution is 5.49. The van der Waals surface area contributed by atoms with Crippen molar-refractivity contribution in [2.24, 2.45) is 0 Å². The van der Waals surface area contributed by atoms with Gasteiger partial charge in [-0.2, -0.15) is 0 Å². The smallest absolute Gasteiger partial charge is 0.273 e. The van der Waals surface area contributed by atoms with Crippen LogP contribution in [-0.2, 0) is 6.42 Å². The first-order valence-electron chi connectivity index (χ1n) is 8.79. The molecule has 0 saturated heterocycles. The maximum Gasteiger partial charge on any atom is 0.273 e. The topological polar surface area (TPSA) is 87.4 Å². The predicted molar refractivity (Wildman–Crippen MR) is 108 cm³/mol. The van der Waals surface area contributed by atoms with E-state index in [1.165, 1.54) is 6.07 Å². The van der Waals surface area contributed by atoms with Gasteiger partial charge in [-0.3, -0.25) is 10.1 Å². The molecule has 0 radical (unpaired) electrons. The molecule has 0 fully saturated rings. The Morgan fingerprint density at radius 1 is 1.00 bits per heavy atom. The van der Waals surface area contributed by atoms with Crippen molar-refractivity contribution in [3.05, 3.63) is 87.0 Å². The minimum Gasteiger partial charge on any atom is -0.497 e. The Balaban J connectivity index is 1.81. The van der Waals surface area contributed by atoms with Gasteiger partial charge in [0.2, 0.25) is 0 Å². The number of nitrogens with zero attached hydrogens (tertiary/aromatic N) is 3. The monoisotopic (exact) mass is 389 g/mol. The summed E-state index contributed by atoms with van der Waals surface area (Å²) in [5.74, 6) is 7.84. The van der Waals surface area contributed by atoms with Gasteiger partial charge in [0.05, 0.1) is 24.7 Å². The fourth-order valence-electron chi connectivity index (χ4n) is 2.78. The number of hydrogen-bond acceptors (Lipinski definition) is 6. The van der Waals surface area contributed by atoms with Gasteiger partial charge in [-0.15, -0.1) is 0 Å². The minimum atomic E-state index is -0.384. The first-order valence-corrected chi connectivity index (χ1v) is 8.79. The largest absolute Gasteiger partial charge is 0.497 e. The molecular weight excluding hydrogens is 370 g/mol. The molecule has 0 saturated carbocycles. The second-order valence-electron chi connectivity index (χ2n) is 6.25. The van der Waals surface area contributed by atoms with Crippen LogP contribution in [0.4, 0.5) is 5.69 Å². The van der Waals surface area contributed by atoms with E-state index in [4.69, 9.17) is 9.47 Å². The third kappa shape index (κ3) is 4.87. The van der Waals surface area contributed by atoms with Gasteiger partial charge in [0.15, 0.2) is 0 Å². The van der Waals surface area contributed by atoms with Crippen LogP contribution in [-0.4, -0.2) is 29.1 Å². The van der Waals surface area contributed by atoms with E-state index < -0.39 is 0 Å². The Bertz CT molecular complexity index is 1080. The van der Waals surface area contributed by atoms with E-state index >= 15 is 0 Å². The van der Waals surface area contributed by atoms with Gasteiger partial charge in [-0.25, -0.2) is 9.97 Å². The number of hydrogen-bond donors (Lipinski definition) is 0. The van der Waals surface area contributed by atoms with Crippen LogP contribution in [0.1, 0.15) is 28.1 Å². The standard InChI is InChI=1S/C22H19N3O4/c1-15-5-4-6-21(25(26)27)20(15)12-22-23-13-17(14-24-22)8-7-16-9-18(28-2)11-19(10-16)29-3/h4-6,9-11,13-14H,12H2,1-3H3. The average Bonchev–Trinajstić information content (AvgIpc) is 2.74. The van der Waals surface area contributed by atoms with Crippen LogP contribution in [0.3, 0.4) is 0 Å². The molecule has 0 amide bonds.